The molecule has 1 saturated heterocycles. The molecule has 3 heterocycles. The fraction of sp³-hybridized carbons (Fsp3) is 0.714. The standard InChI is InChI=1S/C21H35N4O6P/c1-5-13(6-2)32(28,29)31-21(7-3,8-4)11-15-16(26)17(27)20(30-15)25-10-9-14-18(22)23-12-24-19(14)25/h9-10,12-13,15-17,20,26-27H,5-8,11H2,1-4H3,(H,28,29)(H2,22,23,24)/t15?,16-,17-,20-/m1/s1. The highest BCUT2D eigenvalue weighted by molar-refractivity contribution is 7.53. The lowest BCUT2D eigenvalue weighted by Gasteiger charge is -2.37. The molecule has 0 amide bonds. The Morgan fingerprint density at radius 2 is 1.88 bits per heavy atom. The van der Waals surface area contributed by atoms with Gasteiger partial charge < -0.3 is 34.7 Å². The van der Waals surface area contributed by atoms with E-state index in [2.05, 4.69) is 9.97 Å². The van der Waals surface area contributed by atoms with Crippen LogP contribution in [0.15, 0.2) is 18.6 Å². The first-order chi connectivity index (χ1) is 15.1. The lowest BCUT2D eigenvalue weighted by atomic mass is 9.88. The summed E-state index contributed by atoms with van der Waals surface area (Å²) in [4.78, 5) is 18.9. The van der Waals surface area contributed by atoms with Gasteiger partial charge in [-0.25, -0.2) is 9.97 Å². The van der Waals surface area contributed by atoms with Crippen molar-refractivity contribution in [2.24, 2.45) is 0 Å². The maximum atomic E-state index is 13.0. The molecule has 32 heavy (non-hydrogen) atoms. The van der Waals surface area contributed by atoms with Crippen LogP contribution < -0.4 is 5.73 Å². The summed E-state index contributed by atoms with van der Waals surface area (Å²) >= 11 is 0. The molecule has 0 aliphatic carbocycles. The molecule has 0 bridgehead atoms. The second-order valence-electron chi connectivity index (χ2n) is 8.49. The van der Waals surface area contributed by atoms with Gasteiger partial charge in [0.2, 0.25) is 0 Å². The van der Waals surface area contributed by atoms with E-state index in [9.17, 15) is 19.7 Å². The number of fused-ring (bicyclic) bond motifs is 1. The van der Waals surface area contributed by atoms with E-state index in [-0.39, 0.29) is 6.42 Å². The molecule has 5 atom stereocenters. The predicted molar refractivity (Wildman–Crippen MR) is 121 cm³/mol. The molecule has 180 valence electrons. The number of hydrogen-bond donors (Lipinski definition) is 4. The summed E-state index contributed by atoms with van der Waals surface area (Å²) in [7, 11) is -3.89. The van der Waals surface area contributed by atoms with E-state index in [0.29, 0.717) is 42.5 Å². The summed E-state index contributed by atoms with van der Waals surface area (Å²) in [5, 5.41) is 22.1. The fourth-order valence-corrected chi connectivity index (χ4v) is 6.46. The van der Waals surface area contributed by atoms with Crippen LogP contribution >= 0.6 is 7.60 Å². The summed E-state index contributed by atoms with van der Waals surface area (Å²) < 4.78 is 26.6. The Labute approximate surface area is 188 Å². The van der Waals surface area contributed by atoms with Crippen LogP contribution in [0.1, 0.15) is 66.0 Å². The van der Waals surface area contributed by atoms with E-state index in [1.165, 1.54) is 6.33 Å². The minimum absolute atomic E-state index is 0.162. The predicted octanol–water partition coefficient (Wildman–Crippen LogP) is 2.97. The molecule has 0 radical (unpaired) electrons. The van der Waals surface area contributed by atoms with Crippen molar-refractivity contribution in [2.45, 2.75) is 95.6 Å². The Morgan fingerprint density at radius 1 is 1.22 bits per heavy atom. The molecule has 1 fully saturated rings. The third-order valence-corrected chi connectivity index (χ3v) is 9.04. The van der Waals surface area contributed by atoms with E-state index in [1.54, 1.807) is 16.8 Å². The molecule has 11 heteroatoms. The molecule has 1 aliphatic rings. The molecular weight excluding hydrogens is 435 g/mol. The van der Waals surface area contributed by atoms with Crippen molar-refractivity contribution in [3.63, 3.8) is 0 Å². The van der Waals surface area contributed by atoms with Gasteiger partial charge in [0.1, 0.15) is 30.0 Å². The van der Waals surface area contributed by atoms with Crippen LogP contribution in [0.5, 0.6) is 0 Å². The normalized spacial score (nSPS) is 26.1. The highest BCUT2D eigenvalue weighted by Crippen LogP contribution is 2.56. The Balaban J connectivity index is 1.85. The number of aliphatic hydroxyl groups is 2. The summed E-state index contributed by atoms with van der Waals surface area (Å²) in [5.41, 5.74) is 4.95. The second-order valence-corrected chi connectivity index (χ2v) is 10.5. The third kappa shape index (κ3) is 4.58. The van der Waals surface area contributed by atoms with E-state index < -0.39 is 43.4 Å². The second kappa shape index (κ2) is 9.75. The summed E-state index contributed by atoms with van der Waals surface area (Å²) in [6.45, 7) is 7.49. The number of aliphatic hydroxyl groups excluding tert-OH is 2. The number of nitrogens with two attached hydrogens (primary N) is 1. The van der Waals surface area contributed by atoms with Crippen molar-refractivity contribution in [1.29, 1.82) is 0 Å². The van der Waals surface area contributed by atoms with Crippen molar-refractivity contribution >= 4 is 24.4 Å². The van der Waals surface area contributed by atoms with Gasteiger partial charge in [0.05, 0.1) is 22.8 Å². The molecule has 2 unspecified atom stereocenters. The zero-order valence-corrected chi connectivity index (χ0v) is 20.0. The Bertz CT molecular complexity index is 961. The SMILES string of the molecule is CCC(CC)P(=O)(O)OC(CC)(CC)CC1O[C@@H](n2ccc3c(N)ncnc32)[C@H](O)[C@@H]1O. The first kappa shape index (κ1) is 25.1. The van der Waals surface area contributed by atoms with Gasteiger partial charge in [0.15, 0.2) is 6.23 Å². The monoisotopic (exact) mass is 470 g/mol. The average molecular weight is 471 g/mol. The van der Waals surface area contributed by atoms with E-state index in [1.807, 2.05) is 27.7 Å². The summed E-state index contributed by atoms with van der Waals surface area (Å²) in [5.74, 6) is 0.308. The third-order valence-electron chi connectivity index (χ3n) is 6.74. The van der Waals surface area contributed by atoms with E-state index in [0.717, 1.165) is 0 Å². The smallest absolute Gasteiger partial charge is 0.331 e. The maximum absolute atomic E-state index is 13.0. The molecule has 0 spiro atoms. The van der Waals surface area contributed by atoms with Gasteiger partial charge in [0, 0.05) is 12.6 Å². The summed E-state index contributed by atoms with van der Waals surface area (Å²) in [6, 6.07) is 1.73. The first-order valence-corrected chi connectivity index (χ1v) is 12.9. The molecule has 0 saturated carbocycles. The number of nitrogens with zero attached hydrogens (tertiary/aromatic N) is 3. The minimum Gasteiger partial charge on any atom is -0.388 e. The molecule has 2 aromatic heterocycles. The molecule has 3 rings (SSSR count). The van der Waals surface area contributed by atoms with Crippen molar-refractivity contribution in [3.05, 3.63) is 18.6 Å². The molecule has 10 nitrogen and oxygen atoms in total. The molecular formula is C21H35N4O6P. The van der Waals surface area contributed by atoms with Crippen LogP contribution in [0.25, 0.3) is 11.0 Å². The van der Waals surface area contributed by atoms with Gasteiger partial charge in [0.25, 0.3) is 0 Å². The summed E-state index contributed by atoms with van der Waals surface area (Å²) in [6.07, 6.45) is 1.02. The van der Waals surface area contributed by atoms with E-state index >= 15 is 0 Å². The average Bonchev–Trinajstić information content (AvgIpc) is 3.31. The molecule has 2 aromatic rings. The van der Waals surface area contributed by atoms with Gasteiger partial charge in [-0.05, 0) is 31.7 Å². The topological polar surface area (TPSA) is 153 Å². The fourth-order valence-electron chi connectivity index (χ4n) is 4.50. The number of rotatable bonds is 10. The van der Waals surface area contributed by atoms with Crippen LogP contribution in [-0.2, 0) is 13.8 Å². The number of hydrogen-bond acceptors (Lipinski definition) is 8. The lowest BCUT2D eigenvalue weighted by molar-refractivity contribution is -0.0712. The van der Waals surface area contributed by atoms with Gasteiger partial charge >= 0.3 is 7.60 Å². The van der Waals surface area contributed by atoms with Gasteiger partial charge in [-0.15, -0.1) is 0 Å². The molecule has 5 N–H and O–H groups in total. The van der Waals surface area contributed by atoms with Crippen molar-refractivity contribution in [2.75, 3.05) is 5.73 Å². The first-order valence-electron chi connectivity index (χ1n) is 11.2. The van der Waals surface area contributed by atoms with Gasteiger partial charge in [-0.2, -0.15) is 0 Å². The van der Waals surface area contributed by atoms with Gasteiger partial charge in [-0.1, -0.05) is 27.7 Å². The quantitative estimate of drug-likeness (QED) is 0.384. The van der Waals surface area contributed by atoms with Crippen molar-refractivity contribution in [3.8, 4) is 0 Å². The van der Waals surface area contributed by atoms with Crippen molar-refractivity contribution < 1.29 is 28.9 Å². The minimum atomic E-state index is -3.89. The zero-order chi connectivity index (χ0) is 23.7. The number of aromatic nitrogens is 3. The van der Waals surface area contributed by atoms with Crippen LogP contribution in [0.4, 0.5) is 5.82 Å². The van der Waals surface area contributed by atoms with Crippen LogP contribution in [0, 0.1) is 0 Å². The van der Waals surface area contributed by atoms with Crippen molar-refractivity contribution in [1.82, 2.24) is 14.5 Å². The Hall–Kier alpha value is -1.55. The Kier molecular flexibility index (Phi) is 7.64. The Morgan fingerprint density at radius 3 is 2.47 bits per heavy atom. The van der Waals surface area contributed by atoms with Crippen LogP contribution in [0.2, 0.25) is 0 Å². The highest BCUT2D eigenvalue weighted by Gasteiger charge is 2.49. The number of nitrogen functional groups attached to an aromatic ring is 1. The molecule has 1 aliphatic heterocycles. The maximum Gasteiger partial charge on any atom is 0.331 e. The largest absolute Gasteiger partial charge is 0.388 e. The number of ether oxygens (including phenoxy) is 1. The highest BCUT2D eigenvalue weighted by atomic mass is 31.2. The van der Waals surface area contributed by atoms with Crippen LogP contribution in [0.3, 0.4) is 0 Å². The van der Waals surface area contributed by atoms with E-state index in [4.69, 9.17) is 15.0 Å². The molecule has 0 aromatic carbocycles. The van der Waals surface area contributed by atoms with Crippen LogP contribution in [-0.4, -0.2) is 59.2 Å². The van der Waals surface area contributed by atoms with Gasteiger partial charge in [-0.3, -0.25) is 4.57 Å². The number of anilines is 1. The zero-order valence-electron chi connectivity index (χ0n) is 19.1. The lowest BCUT2D eigenvalue weighted by Crippen LogP contribution is -2.40.